The van der Waals surface area contributed by atoms with Crippen LogP contribution in [0.3, 0.4) is 0 Å². The molecule has 0 saturated carbocycles. The van der Waals surface area contributed by atoms with Gasteiger partial charge in [0.2, 0.25) is 11.8 Å². The smallest absolute Gasteiger partial charge is 0.225 e. The van der Waals surface area contributed by atoms with Crippen LogP contribution in [0.2, 0.25) is 0 Å². The molecule has 3 heterocycles. The van der Waals surface area contributed by atoms with Crippen LogP contribution in [-0.2, 0) is 19.1 Å². The third-order valence-electron chi connectivity index (χ3n) is 5.13. The highest BCUT2D eigenvalue weighted by Crippen LogP contribution is 2.28. The highest BCUT2D eigenvalue weighted by Gasteiger charge is 2.41. The number of carbonyl (C=O) groups is 2. The molecule has 0 bridgehead atoms. The van der Waals surface area contributed by atoms with E-state index in [9.17, 15) is 9.59 Å². The van der Waals surface area contributed by atoms with Gasteiger partial charge in [-0.05, 0) is 32.6 Å². The van der Waals surface area contributed by atoms with Crippen LogP contribution in [0.1, 0.15) is 39.5 Å². The number of hydrogen-bond donors (Lipinski definition) is 1. The van der Waals surface area contributed by atoms with E-state index in [0.717, 1.165) is 19.4 Å². The van der Waals surface area contributed by atoms with E-state index in [-0.39, 0.29) is 24.0 Å². The van der Waals surface area contributed by atoms with Gasteiger partial charge < -0.3 is 19.7 Å². The summed E-state index contributed by atoms with van der Waals surface area (Å²) in [6.45, 7) is 6.44. The molecule has 3 unspecified atom stereocenters. The molecule has 22 heavy (non-hydrogen) atoms. The first-order chi connectivity index (χ1) is 10.5. The van der Waals surface area contributed by atoms with Crippen molar-refractivity contribution >= 4 is 11.8 Å². The first-order valence-electron chi connectivity index (χ1n) is 8.28. The van der Waals surface area contributed by atoms with Crippen molar-refractivity contribution in [2.45, 2.75) is 57.3 Å². The molecule has 6 heteroatoms. The maximum absolute atomic E-state index is 12.6. The van der Waals surface area contributed by atoms with Gasteiger partial charge in [0.1, 0.15) is 0 Å². The summed E-state index contributed by atoms with van der Waals surface area (Å²) in [5.74, 6) is 0.616. The highest BCUT2D eigenvalue weighted by atomic mass is 16.6. The van der Waals surface area contributed by atoms with Crippen molar-refractivity contribution in [2.75, 3.05) is 26.3 Å². The molecule has 0 aromatic rings. The second kappa shape index (κ2) is 6.16. The number of fused-ring (bicyclic) bond motifs is 1. The largest absolute Gasteiger partial charge is 0.372 e. The highest BCUT2D eigenvalue weighted by molar-refractivity contribution is 5.79. The van der Waals surface area contributed by atoms with Crippen molar-refractivity contribution in [3.8, 4) is 0 Å². The Morgan fingerprint density at radius 1 is 1.36 bits per heavy atom. The molecular weight excluding hydrogens is 284 g/mol. The molecule has 3 atom stereocenters. The molecule has 6 nitrogen and oxygen atoms in total. The molecule has 3 rings (SSSR count). The Morgan fingerprint density at radius 2 is 2.18 bits per heavy atom. The maximum Gasteiger partial charge on any atom is 0.225 e. The standard InChI is InChI=1S/C16H26N2O4/c1-16(2)13(21-6-7-22-16)8-15(20)18-9-11-4-3-5-14(19)17-12(11)10-18/h11-13H,3-10H2,1-2H3,(H,17,19). The van der Waals surface area contributed by atoms with Gasteiger partial charge >= 0.3 is 0 Å². The van der Waals surface area contributed by atoms with Crippen molar-refractivity contribution in [2.24, 2.45) is 5.92 Å². The lowest BCUT2D eigenvalue weighted by Crippen LogP contribution is -2.49. The van der Waals surface area contributed by atoms with Crippen LogP contribution in [0.25, 0.3) is 0 Å². The molecular formula is C16H26N2O4. The van der Waals surface area contributed by atoms with Crippen LogP contribution in [-0.4, -0.2) is 60.8 Å². The predicted molar refractivity (Wildman–Crippen MR) is 80.2 cm³/mol. The Hall–Kier alpha value is -1.14. The number of nitrogens with one attached hydrogen (secondary N) is 1. The van der Waals surface area contributed by atoms with E-state index in [4.69, 9.17) is 9.47 Å². The van der Waals surface area contributed by atoms with Crippen LogP contribution in [0.5, 0.6) is 0 Å². The van der Waals surface area contributed by atoms with E-state index in [1.165, 1.54) is 0 Å². The monoisotopic (exact) mass is 310 g/mol. The zero-order chi connectivity index (χ0) is 15.7. The van der Waals surface area contributed by atoms with Crippen LogP contribution < -0.4 is 5.32 Å². The molecule has 124 valence electrons. The first kappa shape index (κ1) is 15.7. The van der Waals surface area contributed by atoms with Crippen LogP contribution in [0.15, 0.2) is 0 Å². The molecule has 0 aromatic carbocycles. The van der Waals surface area contributed by atoms with Gasteiger partial charge in [-0.1, -0.05) is 0 Å². The van der Waals surface area contributed by atoms with Crippen molar-refractivity contribution < 1.29 is 19.1 Å². The summed E-state index contributed by atoms with van der Waals surface area (Å²) < 4.78 is 11.5. The fourth-order valence-electron chi connectivity index (χ4n) is 3.72. The minimum absolute atomic E-state index is 0.103. The molecule has 1 N–H and O–H groups in total. The number of amides is 2. The van der Waals surface area contributed by atoms with E-state index in [1.807, 2.05) is 18.7 Å². The molecule has 3 aliphatic heterocycles. The third-order valence-corrected chi connectivity index (χ3v) is 5.13. The van der Waals surface area contributed by atoms with E-state index in [2.05, 4.69) is 5.32 Å². The Morgan fingerprint density at radius 3 is 2.95 bits per heavy atom. The summed E-state index contributed by atoms with van der Waals surface area (Å²) in [6, 6.07) is 0.121. The van der Waals surface area contributed by atoms with Crippen molar-refractivity contribution in [1.29, 1.82) is 0 Å². The molecule has 2 amide bonds. The second-order valence-corrected chi connectivity index (χ2v) is 7.14. The van der Waals surface area contributed by atoms with E-state index in [0.29, 0.717) is 38.5 Å². The average molecular weight is 310 g/mol. The van der Waals surface area contributed by atoms with Crippen molar-refractivity contribution in [3.63, 3.8) is 0 Å². The molecule has 3 saturated heterocycles. The quantitative estimate of drug-likeness (QED) is 0.815. The summed E-state index contributed by atoms with van der Waals surface area (Å²) in [6.07, 6.45) is 2.69. The average Bonchev–Trinajstić information content (AvgIpc) is 2.76. The van der Waals surface area contributed by atoms with E-state index in [1.54, 1.807) is 0 Å². The van der Waals surface area contributed by atoms with Crippen molar-refractivity contribution in [3.05, 3.63) is 0 Å². The van der Waals surface area contributed by atoms with Gasteiger partial charge in [-0.3, -0.25) is 9.59 Å². The first-order valence-corrected chi connectivity index (χ1v) is 8.28. The Bertz CT molecular complexity index is 451. The summed E-state index contributed by atoms with van der Waals surface area (Å²) in [5.41, 5.74) is -0.425. The van der Waals surface area contributed by atoms with Crippen molar-refractivity contribution in [1.82, 2.24) is 10.2 Å². The lowest BCUT2D eigenvalue weighted by molar-refractivity contribution is -0.191. The molecule has 0 radical (unpaired) electrons. The lowest BCUT2D eigenvalue weighted by Gasteiger charge is -2.38. The zero-order valence-electron chi connectivity index (χ0n) is 13.5. The minimum atomic E-state index is -0.425. The Balaban J connectivity index is 1.58. The van der Waals surface area contributed by atoms with Gasteiger partial charge in [0.25, 0.3) is 0 Å². The Kier molecular flexibility index (Phi) is 4.41. The van der Waals surface area contributed by atoms with Gasteiger partial charge in [0.05, 0.1) is 37.4 Å². The van der Waals surface area contributed by atoms with Gasteiger partial charge in [0.15, 0.2) is 0 Å². The number of nitrogens with zero attached hydrogens (tertiary/aromatic N) is 1. The summed E-state index contributed by atoms with van der Waals surface area (Å²) >= 11 is 0. The normalized spacial score (nSPS) is 34.7. The lowest BCUT2D eigenvalue weighted by atomic mass is 9.97. The van der Waals surface area contributed by atoms with Crippen LogP contribution in [0.4, 0.5) is 0 Å². The van der Waals surface area contributed by atoms with Crippen LogP contribution >= 0.6 is 0 Å². The fourth-order valence-corrected chi connectivity index (χ4v) is 3.72. The number of likely N-dealkylation sites (tertiary alicyclic amines) is 1. The van der Waals surface area contributed by atoms with Gasteiger partial charge in [-0.25, -0.2) is 0 Å². The predicted octanol–water partition coefficient (Wildman–Crippen LogP) is 0.698. The van der Waals surface area contributed by atoms with E-state index >= 15 is 0 Å². The number of ether oxygens (including phenoxy) is 2. The fraction of sp³-hybridized carbons (Fsp3) is 0.875. The summed E-state index contributed by atoms with van der Waals surface area (Å²) in [5, 5.41) is 3.06. The van der Waals surface area contributed by atoms with Crippen LogP contribution in [0, 0.1) is 5.92 Å². The van der Waals surface area contributed by atoms with Gasteiger partial charge in [-0.15, -0.1) is 0 Å². The Labute approximate surface area is 131 Å². The van der Waals surface area contributed by atoms with Gasteiger partial charge in [0, 0.05) is 19.5 Å². The topological polar surface area (TPSA) is 67.9 Å². The zero-order valence-corrected chi connectivity index (χ0v) is 13.5. The molecule has 3 fully saturated rings. The number of hydrogen-bond acceptors (Lipinski definition) is 4. The van der Waals surface area contributed by atoms with E-state index < -0.39 is 5.60 Å². The molecule has 0 aromatic heterocycles. The summed E-state index contributed by atoms with van der Waals surface area (Å²) in [7, 11) is 0. The number of carbonyl (C=O) groups excluding carboxylic acids is 2. The molecule has 0 aliphatic carbocycles. The number of rotatable bonds is 2. The third kappa shape index (κ3) is 3.27. The minimum Gasteiger partial charge on any atom is -0.372 e. The maximum atomic E-state index is 12.6. The van der Waals surface area contributed by atoms with Gasteiger partial charge in [-0.2, -0.15) is 0 Å². The SMILES string of the molecule is CC1(C)OCCOC1CC(=O)N1CC2CCCC(=O)NC2C1. The second-order valence-electron chi connectivity index (χ2n) is 7.14. The molecule has 0 spiro atoms. The summed E-state index contributed by atoms with van der Waals surface area (Å²) in [4.78, 5) is 26.1. The molecule has 3 aliphatic rings.